The number of ether oxygens (including phenoxy) is 1. The van der Waals surface area contributed by atoms with Crippen LogP contribution >= 0.6 is 0 Å². The van der Waals surface area contributed by atoms with E-state index in [0.717, 1.165) is 11.4 Å². The molecule has 4 rings (SSSR count). The Kier molecular flexibility index (Phi) is 5.65. The van der Waals surface area contributed by atoms with Crippen LogP contribution in [0.5, 0.6) is 5.75 Å². The summed E-state index contributed by atoms with van der Waals surface area (Å²) in [6, 6.07) is 12.6. The second-order valence-electron chi connectivity index (χ2n) is 7.16. The number of aromatic nitrogens is 3. The summed E-state index contributed by atoms with van der Waals surface area (Å²) in [7, 11) is 0. The molecule has 3 aromatic rings. The van der Waals surface area contributed by atoms with Crippen LogP contribution in [0.3, 0.4) is 0 Å². The second-order valence-corrected chi connectivity index (χ2v) is 7.16. The zero-order chi connectivity index (χ0) is 21.1. The lowest BCUT2D eigenvalue weighted by molar-refractivity contribution is 0.0740. The van der Waals surface area contributed by atoms with Crippen LogP contribution in [0.25, 0.3) is 5.69 Å². The zero-order valence-corrected chi connectivity index (χ0v) is 17.1. The SMILES string of the molecule is CCOc1ccccc1N1CCN(C(=O)c2cn(-c3ccc(F)c(C)c3)nn2)CC1. The number of para-hydroxylation sites is 2. The monoisotopic (exact) mass is 409 g/mol. The molecule has 0 aliphatic carbocycles. The van der Waals surface area contributed by atoms with Crippen molar-refractivity contribution in [3.05, 3.63) is 65.7 Å². The Labute approximate surface area is 174 Å². The summed E-state index contributed by atoms with van der Waals surface area (Å²) in [4.78, 5) is 16.9. The Morgan fingerprint density at radius 1 is 1.13 bits per heavy atom. The molecule has 30 heavy (non-hydrogen) atoms. The first kappa shape index (κ1) is 19.9. The normalized spacial score (nSPS) is 14.1. The Hall–Kier alpha value is -3.42. The molecular formula is C22H24FN5O2. The highest BCUT2D eigenvalue weighted by atomic mass is 19.1. The maximum absolute atomic E-state index is 13.5. The molecule has 8 heteroatoms. The molecule has 0 unspecified atom stereocenters. The molecule has 1 aliphatic heterocycles. The lowest BCUT2D eigenvalue weighted by Gasteiger charge is -2.36. The number of nitrogens with zero attached hydrogens (tertiary/aromatic N) is 5. The van der Waals surface area contributed by atoms with E-state index in [9.17, 15) is 9.18 Å². The van der Waals surface area contributed by atoms with Crippen molar-refractivity contribution in [3.63, 3.8) is 0 Å². The number of hydrogen-bond donors (Lipinski definition) is 0. The van der Waals surface area contributed by atoms with Gasteiger partial charge in [-0.05, 0) is 49.7 Å². The largest absolute Gasteiger partial charge is 0.492 e. The molecule has 0 spiro atoms. The maximum atomic E-state index is 13.5. The van der Waals surface area contributed by atoms with Gasteiger partial charge >= 0.3 is 0 Å². The molecule has 7 nitrogen and oxygen atoms in total. The van der Waals surface area contributed by atoms with Crippen molar-refractivity contribution >= 4 is 11.6 Å². The molecule has 1 saturated heterocycles. The van der Waals surface area contributed by atoms with E-state index >= 15 is 0 Å². The minimum Gasteiger partial charge on any atom is -0.492 e. The van der Waals surface area contributed by atoms with Crippen LogP contribution in [0.1, 0.15) is 23.0 Å². The van der Waals surface area contributed by atoms with E-state index in [1.807, 2.05) is 31.2 Å². The average Bonchev–Trinajstić information content (AvgIpc) is 3.26. The molecule has 1 aliphatic rings. The molecule has 156 valence electrons. The third-order valence-electron chi connectivity index (χ3n) is 5.19. The molecule has 0 N–H and O–H groups in total. The van der Waals surface area contributed by atoms with Gasteiger partial charge in [-0.25, -0.2) is 9.07 Å². The predicted octanol–water partition coefficient (Wildman–Crippen LogP) is 3.08. The van der Waals surface area contributed by atoms with Crippen molar-refractivity contribution < 1.29 is 13.9 Å². The molecule has 1 fully saturated rings. The van der Waals surface area contributed by atoms with Gasteiger partial charge in [0, 0.05) is 26.2 Å². The van der Waals surface area contributed by atoms with Gasteiger partial charge in [-0.1, -0.05) is 17.3 Å². The predicted molar refractivity (Wildman–Crippen MR) is 112 cm³/mol. The fourth-order valence-electron chi connectivity index (χ4n) is 3.57. The molecular weight excluding hydrogens is 385 g/mol. The molecule has 0 saturated carbocycles. The molecule has 0 bridgehead atoms. The summed E-state index contributed by atoms with van der Waals surface area (Å²) in [6.45, 7) is 6.85. The number of carbonyl (C=O) groups is 1. The lowest BCUT2D eigenvalue weighted by atomic mass is 10.2. The van der Waals surface area contributed by atoms with Crippen LogP contribution in [0, 0.1) is 12.7 Å². The van der Waals surface area contributed by atoms with Gasteiger partial charge in [-0.2, -0.15) is 0 Å². The van der Waals surface area contributed by atoms with Gasteiger partial charge in [0.15, 0.2) is 5.69 Å². The van der Waals surface area contributed by atoms with E-state index in [0.29, 0.717) is 44.0 Å². The standard InChI is InChI=1S/C22H24FN5O2/c1-3-30-21-7-5-4-6-20(21)26-10-12-27(13-11-26)22(29)19-15-28(25-24-19)17-8-9-18(23)16(2)14-17/h4-9,14-15H,3,10-13H2,1-2H3. The van der Waals surface area contributed by atoms with Gasteiger partial charge in [-0.3, -0.25) is 4.79 Å². The van der Waals surface area contributed by atoms with Crippen molar-refractivity contribution in [2.45, 2.75) is 13.8 Å². The molecule has 2 heterocycles. The summed E-state index contributed by atoms with van der Waals surface area (Å²) in [5.41, 5.74) is 2.50. The van der Waals surface area contributed by atoms with Crippen molar-refractivity contribution in [3.8, 4) is 11.4 Å². The van der Waals surface area contributed by atoms with Gasteiger partial charge in [0.1, 0.15) is 11.6 Å². The van der Waals surface area contributed by atoms with E-state index < -0.39 is 0 Å². The summed E-state index contributed by atoms with van der Waals surface area (Å²) in [6.07, 6.45) is 1.59. The Morgan fingerprint density at radius 2 is 1.90 bits per heavy atom. The molecule has 0 radical (unpaired) electrons. The molecule has 1 amide bonds. The molecule has 1 aromatic heterocycles. The Balaban J connectivity index is 1.43. The molecule has 0 atom stereocenters. The first-order valence-electron chi connectivity index (χ1n) is 10.0. The average molecular weight is 409 g/mol. The van der Waals surface area contributed by atoms with Gasteiger partial charge in [-0.15, -0.1) is 5.10 Å². The smallest absolute Gasteiger partial charge is 0.276 e. The van der Waals surface area contributed by atoms with Crippen LogP contribution in [-0.2, 0) is 0 Å². The van der Waals surface area contributed by atoms with Crippen molar-refractivity contribution in [2.75, 3.05) is 37.7 Å². The second kappa shape index (κ2) is 8.52. The molecule has 2 aromatic carbocycles. The number of rotatable bonds is 5. The van der Waals surface area contributed by atoms with E-state index in [4.69, 9.17) is 4.74 Å². The van der Waals surface area contributed by atoms with Crippen LogP contribution in [0.15, 0.2) is 48.7 Å². The summed E-state index contributed by atoms with van der Waals surface area (Å²) in [5.74, 6) is 0.425. The quantitative estimate of drug-likeness (QED) is 0.648. The first-order valence-corrected chi connectivity index (χ1v) is 10.0. The van der Waals surface area contributed by atoms with Crippen LogP contribution in [0.2, 0.25) is 0 Å². The number of halogens is 1. The van der Waals surface area contributed by atoms with Gasteiger partial charge < -0.3 is 14.5 Å². The van der Waals surface area contributed by atoms with Crippen LogP contribution < -0.4 is 9.64 Å². The Bertz CT molecular complexity index is 1040. The highest BCUT2D eigenvalue weighted by Gasteiger charge is 2.25. The number of aryl methyl sites for hydroxylation is 1. The van der Waals surface area contributed by atoms with Crippen molar-refractivity contribution in [2.24, 2.45) is 0 Å². The fourth-order valence-corrected chi connectivity index (χ4v) is 3.57. The number of piperazine rings is 1. The fraction of sp³-hybridized carbons (Fsp3) is 0.318. The van der Waals surface area contributed by atoms with Crippen LogP contribution in [-0.4, -0.2) is 58.6 Å². The van der Waals surface area contributed by atoms with E-state index in [1.54, 1.807) is 30.2 Å². The van der Waals surface area contributed by atoms with E-state index in [-0.39, 0.29) is 17.4 Å². The van der Waals surface area contributed by atoms with E-state index in [1.165, 1.54) is 10.7 Å². The highest BCUT2D eigenvalue weighted by Crippen LogP contribution is 2.29. The maximum Gasteiger partial charge on any atom is 0.276 e. The lowest BCUT2D eigenvalue weighted by Crippen LogP contribution is -2.49. The highest BCUT2D eigenvalue weighted by molar-refractivity contribution is 5.92. The van der Waals surface area contributed by atoms with Crippen molar-refractivity contribution in [1.82, 2.24) is 19.9 Å². The van der Waals surface area contributed by atoms with Gasteiger partial charge in [0.25, 0.3) is 5.91 Å². The minimum absolute atomic E-state index is 0.155. The zero-order valence-electron chi connectivity index (χ0n) is 17.1. The van der Waals surface area contributed by atoms with Crippen LogP contribution in [0.4, 0.5) is 10.1 Å². The van der Waals surface area contributed by atoms with Gasteiger partial charge in [0.2, 0.25) is 0 Å². The van der Waals surface area contributed by atoms with Gasteiger partial charge in [0.05, 0.1) is 24.2 Å². The summed E-state index contributed by atoms with van der Waals surface area (Å²) >= 11 is 0. The van der Waals surface area contributed by atoms with Crippen molar-refractivity contribution in [1.29, 1.82) is 0 Å². The van der Waals surface area contributed by atoms with E-state index in [2.05, 4.69) is 15.2 Å². The Morgan fingerprint density at radius 3 is 2.63 bits per heavy atom. The number of amides is 1. The number of anilines is 1. The minimum atomic E-state index is -0.279. The topological polar surface area (TPSA) is 63.5 Å². The number of benzene rings is 2. The number of carbonyl (C=O) groups excluding carboxylic acids is 1. The third kappa shape index (κ3) is 3.98. The summed E-state index contributed by atoms with van der Waals surface area (Å²) in [5, 5.41) is 8.07. The number of hydrogen-bond acceptors (Lipinski definition) is 5. The summed E-state index contributed by atoms with van der Waals surface area (Å²) < 4.78 is 20.7. The third-order valence-corrected chi connectivity index (χ3v) is 5.19. The first-order chi connectivity index (χ1) is 14.6.